The first-order chi connectivity index (χ1) is 16.7. The van der Waals surface area contributed by atoms with Crippen molar-refractivity contribution in [2.45, 2.75) is 25.3 Å². The Hall–Kier alpha value is -3.04. The number of thiocarbonyl (C=S) groups is 1. The van der Waals surface area contributed by atoms with Gasteiger partial charge in [-0.15, -0.1) is 0 Å². The number of benzene rings is 1. The van der Waals surface area contributed by atoms with E-state index < -0.39 is 5.41 Å². The Morgan fingerprint density at radius 3 is 2.31 bits per heavy atom. The molecule has 3 aliphatic rings. The number of rotatable bonds is 5. The van der Waals surface area contributed by atoms with E-state index in [1.165, 1.54) is 9.80 Å². The molecular formula is C26H30N4O4S. The van der Waals surface area contributed by atoms with Crippen molar-refractivity contribution in [2.75, 3.05) is 40.8 Å². The van der Waals surface area contributed by atoms with Crippen LogP contribution in [0.5, 0.6) is 5.75 Å². The van der Waals surface area contributed by atoms with Crippen molar-refractivity contribution < 1.29 is 14.3 Å². The summed E-state index contributed by atoms with van der Waals surface area (Å²) in [6.07, 6.45) is 1.28. The van der Waals surface area contributed by atoms with E-state index in [0.717, 1.165) is 30.0 Å². The summed E-state index contributed by atoms with van der Waals surface area (Å²) in [5.41, 5.74) is 0.675. The van der Waals surface area contributed by atoms with E-state index in [1.54, 1.807) is 27.3 Å². The molecule has 9 heteroatoms. The summed E-state index contributed by atoms with van der Waals surface area (Å²) in [7, 11) is 4.89. The summed E-state index contributed by atoms with van der Waals surface area (Å²) >= 11 is 5.38. The number of methoxy groups -OCH3 is 1. The largest absolute Gasteiger partial charge is 0.497 e. The fourth-order valence-electron chi connectivity index (χ4n) is 6.07. The topological polar surface area (TPSA) is 75.1 Å². The molecule has 2 aromatic rings. The van der Waals surface area contributed by atoms with Gasteiger partial charge in [0, 0.05) is 58.0 Å². The summed E-state index contributed by atoms with van der Waals surface area (Å²) in [5, 5.41) is 0.217. The van der Waals surface area contributed by atoms with Crippen LogP contribution >= 0.6 is 12.2 Å². The molecule has 184 valence electrons. The SMILES string of the molecule is COc1ccc(CC2(CN3C[C@@H]4C[C@@H](C3)c3cccc(=O)n3C4)C(=O)N(C)C(=S)N(C)C2=O)cc1. The van der Waals surface area contributed by atoms with Gasteiger partial charge in [-0.1, -0.05) is 18.2 Å². The third-order valence-corrected chi connectivity index (χ3v) is 8.26. The van der Waals surface area contributed by atoms with Crippen LogP contribution in [0.4, 0.5) is 0 Å². The lowest BCUT2D eigenvalue weighted by atomic mass is 9.75. The fraction of sp³-hybridized carbons (Fsp3) is 0.462. The molecule has 8 nitrogen and oxygen atoms in total. The van der Waals surface area contributed by atoms with Gasteiger partial charge >= 0.3 is 0 Å². The lowest BCUT2D eigenvalue weighted by Gasteiger charge is -2.48. The van der Waals surface area contributed by atoms with Crippen LogP contribution in [0.3, 0.4) is 0 Å². The molecule has 2 fully saturated rings. The molecule has 4 heterocycles. The number of carbonyl (C=O) groups is 2. The maximum atomic E-state index is 13.8. The predicted octanol–water partition coefficient (Wildman–Crippen LogP) is 1.72. The number of nitrogens with zero attached hydrogens (tertiary/aromatic N) is 4. The Labute approximate surface area is 210 Å². The van der Waals surface area contributed by atoms with Crippen molar-refractivity contribution in [1.82, 2.24) is 19.3 Å². The number of fused-ring (bicyclic) bond motifs is 4. The van der Waals surface area contributed by atoms with Gasteiger partial charge < -0.3 is 14.2 Å². The molecule has 0 radical (unpaired) electrons. The number of hydrogen-bond donors (Lipinski definition) is 0. The molecule has 1 aromatic heterocycles. The highest BCUT2D eigenvalue weighted by Gasteiger charge is 2.55. The van der Waals surface area contributed by atoms with Gasteiger partial charge in [-0.05, 0) is 54.7 Å². The lowest BCUT2D eigenvalue weighted by molar-refractivity contribution is -0.157. The van der Waals surface area contributed by atoms with Crippen LogP contribution in [0, 0.1) is 11.3 Å². The Kier molecular flexibility index (Phi) is 6.01. The quantitative estimate of drug-likeness (QED) is 0.466. The zero-order valence-corrected chi connectivity index (χ0v) is 21.1. The van der Waals surface area contributed by atoms with Crippen LogP contribution in [0.1, 0.15) is 23.6 Å². The molecular weight excluding hydrogens is 464 g/mol. The molecule has 2 saturated heterocycles. The first-order valence-electron chi connectivity index (χ1n) is 11.9. The number of carbonyl (C=O) groups excluding carboxylic acids is 2. The summed E-state index contributed by atoms with van der Waals surface area (Å²) in [6, 6.07) is 13.0. The van der Waals surface area contributed by atoms with Crippen LogP contribution in [0.15, 0.2) is 47.3 Å². The van der Waals surface area contributed by atoms with Gasteiger partial charge in [-0.25, -0.2) is 0 Å². The average Bonchev–Trinajstić information content (AvgIpc) is 2.86. The van der Waals surface area contributed by atoms with E-state index in [1.807, 2.05) is 41.0 Å². The third kappa shape index (κ3) is 3.96. The highest BCUT2D eigenvalue weighted by Crippen LogP contribution is 2.39. The Bertz CT molecular complexity index is 1220. The van der Waals surface area contributed by atoms with Crippen LogP contribution in [-0.2, 0) is 22.6 Å². The Morgan fingerprint density at radius 2 is 1.66 bits per heavy atom. The van der Waals surface area contributed by atoms with Crippen molar-refractivity contribution in [3.63, 3.8) is 0 Å². The molecule has 0 saturated carbocycles. The number of amides is 2. The van der Waals surface area contributed by atoms with Gasteiger partial charge in [-0.2, -0.15) is 0 Å². The van der Waals surface area contributed by atoms with Gasteiger partial charge in [0.25, 0.3) is 5.56 Å². The third-order valence-electron chi connectivity index (χ3n) is 7.72. The highest BCUT2D eigenvalue weighted by molar-refractivity contribution is 7.80. The van der Waals surface area contributed by atoms with E-state index in [4.69, 9.17) is 17.0 Å². The predicted molar refractivity (Wildman–Crippen MR) is 135 cm³/mol. The smallest absolute Gasteiger partial charge is 0.250 e. The van der Waals surface area contributed by atoms with E-state index in [-0.39, 0.29) is 34.8 Å². The summed E-state index contributed by atoms with van der Waals surface area (Å²) < 4.78 is 7.16. The Morgan fingerprint density at radius 1 is 0.971 bits per heavy atom. The molecule has 35 heavy (non-hydrogen) atoms. The lowest BCUT2D eigenvalue weighted by Crippen LogP contribution is -2.67. The van der Waals surface area contributed by atoms with E-state index in [2.05, 4.69) is 4.90 Å². The zero-order valence-electron chi connectivity index (χ0n) is 20.3. The minimum Gasteiger partial charge on any atom is -0.497 e. The molecule has 0 unspecified atom stereocenters. The van der Waals surface area contributed by atoms with Gasteiger partial charge in [0.15, 0.2) is 5.11 Å². The second-order valence-electron chi connectivity index (χ2n) is 10.0. The number of ether oxygens (including phenoxy) is 1. The number of piperidine rings is 1. The normalized spacial score (nSPS) is 23.9. The molecule has 0 spiro atoms. The summed E-state index contributed by atoms with van der Waals surface area (Å²) in [5.74, 6) is 0.671. The molecule has 0 N–H and O–H groups in total. The van der Waals surface area contributed by atoms with E-state index in [9.17, 15) is 14.4 Å². The fourth-order valence-corrected chi connectivity index (χ4v) is 6.24. The van der Waals surface area contributed by atoms with Crippen LogP contribution in [0.2, 0.25) is 0 Å². The van der Waals surface area contributed by atoms with Gasteiger partial charge in [0.05, 0.1) is 7.11 Å². The maximum Gasteiger partial charge on any atom is 0.250 e. The number of likely N-dealkylation sites (tertiary alicyclic amines) is 1. The van der Waals surface area contributed by atoms with Gasteiger partial charge in [0.2, 0.25) is 11.8 Å². The van der Waals surface area contributed by atoms with Crippen molar-refractivity contribution in [2.24, 2.45) is 11.3 Å². The monoisotopic (exact) mass is 494 g/mol. The second kappa shape index (κ2) is 8.87. The number of hydrogen-bond acceptors (Lipinski definition) is 6. The minimum absolute atomic E-state index is 0.0380. The van der Waals surface area contributed by atoms with Crippen LogP contribution in [0.25, 0.3) is 0 Å². The standard InChI is InChI=1S/C26H30N4O4S/c1-27-23(32)26(24(33)28(2)25(27)35,12-17-7-9-20(34-3)10-8-17)16-29-13-18-11-19(15-29)21-5-4-6-22(31)30(21)14-18/h4-10,18-19H,11-16H2,1-3H3/t18-,19-/m0/s1. The van der Waals surface area contributed by atoms with Crippen molar-refractivity contribution in [3.8, 4) is 5.75 Å². The van der Waals surface area contributed by atoms with Crippen LogP contribution < -0.4 is 10.3 Å². The van der Waals surface area contributed by atoms with Crippen molar-refractivity contribution >= 4 is 29.1 Å². The van der Waals surface area contributed by atoms with Gasteiger partial charge in [-0.3, -0.25) is 24.2 Å². The molecule has 2 amide bonds. The first-order valence-corrected chi connectivity index (χ1v) is 12.3. The second-order valence-corrected chi connectivity index (χ2v) is 10.4. The summed E-state index contributed by atoms with van der Waals surface area (Å²) in [6.45, 7) is 2.40. The van der Waals surface area contributed by atoms with Gasteiger partial charge in [0.1, 0.15) is 11.2 Å². The minimum atomic E-state index is -1.29. The average molecular weight is 495 g/mol. The maximum absolute atomic E-state index is 13.8. The molecule has 2 bridgehead atoms. The molecule has 0 aliphatic carbocycles. The van der Waals surface area contributed by atoms with Crippen LogP contribution in [-0.4, -0.2) is 77.0 Å². The molecule has 1 aromatic carbocycles. The van der Waals surface area contributed by atoms with Crippen molar-refractivity contribution in [1.29, 1.82) is 0 Å². The molecule has 5 rings (SSSR count). The van der Waals surface area contributed by atoms with E-state index in [0.29, 0.717) is 25.6 Å². The van der Waals surface area contributed by atoms with Crippen molar-refractivity contribution in [3.05, 3.63) is 64.1 Å². The first kappa shape index (κ1) is 23.7. The molecule has 2 atom stereocenters. The zero-order chi connectivity index (χ0) is 24.9. The highest BCUT2D eigenvalue weighted by atomic mass is 32.1. The Balaban J connectivity index is 1.49. The summed E-state index contributed by atoms with van der Waals surface area (Å²) in [4.78, 5) is 45.1. The number of aromatic nitrogens is 1. The molecule has 3 aliphatic heterocycles. The number of pyridine rings is 1. The van der Waals surface area contributed by atoms with E-state index >= 15 is 0 Å².